The molecule has 0 radical (unpaired) electrons. The molecule has 0 amide bonds. The normalized spacial score (nSPS) is 15.5. The Morgan fingerprint density at radius 3 is 1.67 bits per heavy atom. The van der Waals surface area contributed by atoms with E-state index >= 15 is 0 Å². The van der Waals surface area contributed by atoms with E-state index in [-0.39, 0.29) is 36.8 Å². The SMILES string of the molecule is [2H]C([2H])(c1c[c-]c(-c2ccccn2)cc1)C([2H])([2H])c1cc(C([2H])([2H])C([2H])([2H])c2c[c-]c(-c3ccccn3)cc2)cc(C([2H])([2H])C([2H])([2H])c2c[c-]c3c(c2)c2nccn2c2cc4c(-c5ccccc5)cccc4nc32)c1.[Ir+3]. The van der Waals surface area contributed by atoms with Crippen molar-refractivity contribution in [2.75, 3.05) is 0 Å². The van der Waals surface area contributed by atoms with Crippen molar-refractivity contribution in [2.24, 2.45) is 0 Å². The molecule has 0 aliphatic heterocycles. The monoisotopic (exact) mass is 1010 g/mol. The first-order valence-corrected chi connectivity index (χ1v) is 20.4. The van der Waals surface area contributed by atoms with Gasteiger partial charge in [0.15, 0.2) is 0 Å². The van der Waals surface area contributed by atoms with Crippen LogP contribution in [-0.4, -0.2) is 24.3 Å². The second-order valence-corrected chi connectivity index (χ2v) is 14.9. The minimum absolute atomic E-state index is 0. The molecule has 0 saturated carbocycles. The largest absolute Gasteiger partial charge is 3.00 e. The number of hydrogen-bond donors (Lipinski definition) is 0. The summed E-state index contributed by atoms with van der Waals surface area (Å²) in [6.07, 6.45) is -11.5. The summed E-state index contributed by atoms with van der Waals surface area (Å²) in [4.78, 5) is 18.4. The third-order valence-corrected chi connectivity index (χ3v) is 10.7. The molecule has 11 rings (SSSR count). The maximum absolute atomic E-state index is 9.70. The number of aromatic nitrogens is 5. The summed E-state index contributed by atoms with van der Waals surface area (Å²) in [6, 6.07) is 51.8. The Morgan fingerprint density at radius 1 is 0.484 bits per heavy atom. The summed E-state index contributed by atoms with van der Waals surface area (Å²) >= 11 is 0. The minimum Gasteiger partial charge on any atom is -0.314 e. The summed E-state index contributed by atoms with van der Waals surface area (Å²) in [6.45, 7) is 0. The number of rotatable bonds is 12. The molecule has 5 heterocycles. The standard InChI is InChI=1S/C58H42N5.Ir/c1-2-9-46(10-3-1)49-11-8-14-55-51(49)39-56-57(62-55)50-30-25-42(38-52(50)58-61-33-34-63(56)58)17-20-45-36-43(18-15-40-21-26-47(27-22-40)53-12-4-6-31-59-53)35-44(37-45)19-16-41-23-28-48(29-24-41)54-13-5-7-32-60-54;/h1-14,21-26,28,31-39H,15-20H2;/q-3;+3/i15D2,16D2,17D2,18D2,19D2,20D2;. The number of pyridine rings is 4. The second-order valence-electron chi connectivity index (χ2n) is 14.9. The van der Waals surface area contributed by atoms with Crippen molar-refractivity contribution in [3.05, 3.63) is 234 Å². The van der Waals surface area contributed by atoms with Crippen molar-refractivity contribution in [2.45, 2.75) is 38.2 Å². The van der Waals surface area contributed by atoms with Crippen molar-refractivity contribution >= 4 is 38.4 Å². The molecule has 0 fully saturated rings. The van der Waals surface area contributed by atoms with Crippen molar-refractivity contribution in [3.8, 4) is 33.6 Å². The maximum Gasteiger partial charge on any atom is 3.00 e. The Balaban J connectivity index is 0.00000657. The van der Waals surface area contributed by atoms with Gasteiger partial charge in [-0.3, -0.25) is 4.98 Å². The van der Waals surface area contributed by atoms with Gasteiger partial charge >= 0.3 is 20.1 Å². The Bertz CT molecular complexity index is 3830. The van der Waals surface area contributed by atoms with Gasteiger partial charge in [0.05, 0.1) is 5.52 Å². The van der Waals surface area contributed by atoms with Crippen LogP contribution in [0.2, 0.25) is 0 Å². The van der Waals surface area contributed by atoms with Gasteiger partial charge in [-0.2, -0.15) is 0 Å². The van der Waals surface area contributed by atoms with Gasteiger partial charge < -0.3 is 14.4 Å². The van der Waals surface area contributed by atoms with E-state index in [1.165, 1.54) is 36.4 Å². The first-order valence-electron chi connectivity index (χ1n) is 26.4. The van der Waals surface area contributed by atoms with E-state index in [0.717, 1.165) is 34.7 Å². The molecular weight excluding hydrogens is 959 g/mol. The molecule has 308 valence electrons. The fraction of sp³-hybridized carbons (Fsp3) is 0.103. The van der Waals surface area contributed by atoms with Crippen LogP contribution in [0.25, 0.3) is 72.0 Å². The molecule has 11 aromatic rings. The average Bonchev–Trinajstić information content (AvgIpc) is 3.98. The van der Waals surface area contributed by atoms with Gasteiger partial charge in [-0.15, -0.1) is 99.9 Å². The molecule has 0 aliphatic rings. The smallest absolute Gasteiger partial charge is 0.314 e. The molecule has 5 nitrogen and oxygen atoms in total. The molecule has 0 saturated heterocycles. The zero-order valence-corrected chi connectivity index (χ0v) is 36.3. The predicted octanol–water partition coefficient (Wildman–Crippen LogP) is 12.7. The number of hydrogen-bond acceptors (Lipinski definition) is 4. The Kier molecular flexibility index (Phi) is 8.38. The molecule has 0 bridgehead atoms. The third kappa shape index (κ3) is 8.51. The summed E-state index contributed by atoms with van der Waals surface area (Å²) in [5.74, 6) is 0. The van der Waals surface area contributed by atoms with Gasteiger partial charge in [0.1, 0.15) is 5.65 Å². The number of fused-ring (bicyclic) bond motifs is 7. The molecule has 64 heavy (non-hydrogen) atoms. The molecule has 5 aromatic heterocycles. The summed E-state index contributed by atoms with van der Waals surface area (Å²) in [7, 11) is 0. The van der Waals surface area contributed by atoms with Crippen LogP contribution in [-0.2, 0) is 58.3 Å². The number of benzene rings is 6. The average molecular weight is 1010 g/mol. The molecule has 6 heteroatoms. The van der Waals surface area contributed by atoms with E-state index in [4.69, 9.17) is 4.98 Å². The summed E-state index contributed by atoms with van der Waals surface area (Å²) in [5, 5.41) is 1.81. The minimum atomic E-state index is -3.13. The molecule has 0 unspecified atom stereocenters. The first kappa shape index (κ1) is 29.3. The number of aryl methyl sites for hydroxylation is 6. The Morgan fingerprint density at radius 2 is 1.08 bits per heavy atom. The van der Waals surface area contributed by atoms with Gasteiger partial charge in [0.2, 0.25) is 0 Å². The summed E-state index contributed by atoms with van der Waals surface area (Å²) in [5.41, 5.74) is 4.35. The molecule has 0 aliphatic carbocycles. The van der Waals surface area contributed by atoms with Crippen LogP contribution >= 0.6 is 0 Å². The summed E-state index contributed by atoms with van der Waals surface area (Å²) < 4.78 is 116. The van der Waals surface area contributed by atoms with Gasteiger partial charge in [-0.1, -0.05) is 109 Å². The van der Waals surface area contributed by atoms with Crippen molar-refractivity contribution in [1.82, 2.24) is 24.3 Å². The molecule has 0 spiro atoms. The van der Waals surface area contributed by atoms with Crippen LogP contribution in [0.15, 0.2) is 183 Å². The first-order chi connectivity index (χ1) is 35.7. The Labute approximate surface area is 403 Å². The van der Waals surface area contributed by atoms with E-state index in [1.807, 2.05) is 59.0 Å². The Hall–Kier alpha value is -7.11. The molecule has 0 atom stereocenters. The van der Waals surface area contributed by atoms with Crippen molar-refractivity contribution in [3.63, 3.8) is 0 Å². The quantitative estimate of drug-likeness (QED) is 0.0695. The zero-order valence-electron chi connectivity index (χ0n) is 45.9. The van der Waals surface area contributed by atoms with Crippen LogP contribution in [0.4, 0.5) is 0 Å². The van der Waals surface area contributed by atoms with Crippen molar-refractivity contribution in [1.29, 1.82) is 0 Å². The van der Waals surface area contributed by atoms with E-state index in [9.17, 15) is 16.4 Å². The topological polar surface area (TPSA) is 56.0 Å². The van der Waals surface area contributed by atoms with Gasteiger partial charge in [-0.25, -0.2) is 4.98 Å². The van der Waals surface area contributed by atoms with E-state index in [1.54, 1.807) is 73.3 Å². The van der Waals surface area contributed by atoms with Crippen LogP contribution in [0.1, 0.15) is 49.8 Å². The van der Waals surface area contributed by atoms with Gasteiger partial charge in [0, 0.05) is 57.7 Å². The fourth-order valence-corrected chi connectivity index (χ4v) is 7.71. The molecular formula is C58H42IrN5. The zero-order chi connectivity index (χ0) is 52.7. The second kappa shape index (κ2) is 18.3. The van der Waals surface area contributed by atoms with E-state index in [0.29, 0.717) is 55.5 Å². The van der Waals surface area contributed by atoms with E-state index in [2.05, 4.69) is 33.2 Å². The third-order valence-electron chi connectivity index (χ3n) is 10.7. The maximum atomic E-state index is 9.70. The fourth-order valence-electron chi connectivity index (χ4n) is 7.71. The van der Waals surface area contributed by atoms with Gasteiger partial charge in [0.25, 0.3) is 0 Å². The van der Waals surface area contributed by atoms with E-state index < -0.39 is 54.9 Å². The van der Waals surface area contributed by atoms with Crippen LogP contribution in [0.3, 0.4) is 0 Å². The van der Waals surface area contributed by atoms with Crippen molar-refractivity contribution < 1.29 is 36.6 Å². The van der Waals surface area contributed by atoms with Gasteiger partial charge in [-0.05, 0) is 82.6 Å². The predicted molar refractivity (Wildman–Crippen MR) is 255 cm³/mol. The molecule has 6 aromatic carbocycles. The van der Waals surface area contributed by atoms with Crippen LogP contribution in [0, 0.1) is 18.2 Å². The van der Waals surface area contributed by atoms with Crippen LogP contribution in [0.5, 0.6) is 0 Å². The van der Waals surface area contributed by atoms with Crippen LogP contribution < -0.4 is 0 Å². The molecule has 0 N–H and O–H groups in total. The number of nitrogens with zero attached hydrogens (tertiary/aromatic N) is 5. The number of imidazole rings is 1.